The molecule has 0 radical (unpaired) electrons. The monoisotopic (exact) mass is 513 g/mol. The summed E-state index contributed by atoms with van der Waals surface area (Å²) in [5.41, 5.74) is 1.93. The molecule has 4 aromatic rings. The molecule has 1 aliphatic rings. The number of aliphatic hydroxyl groups is 2. The first-order valence-electron chi connectivity index (χ1n) is 12.4. The lowest BCUT2D eigenvalue weighted by atomic mass is 10.1. The number of carbonyl (C=O) groups excluding carboxylic acids is 1. The van der Waals surface area contributed by atoms with Gasteiger partial charge in [0.2, 0.25) is 0 Å². The number of anilines is 1. The maximum Gasteiger partial charge on any atom is 0.251 e. The van der Waals surface area contributed by atoms with Crippen molar-refractivity contribution in [2.24, 2.45) is 0 Å². The Labute approximate surface area is 214 Å². The maximum atomic E-state index is 12.4. The molecule has 4 atom stereocenters. The number of ether oxygens (including phenoxy) is 1. The molecule has 0 unspecified atom stereocenters. The topological polar surface area (TPSA) is 160 Å². The van der Waals surface area contributed by atoms with Crippen LogP contribution in [0.4, 0.5) is 5.82 Å². The van der Waals surface area contributed by atoms with Crippen molar-refractivity contribution in [1.82, 2.24) is 34.8 Å². The summed E-state index contributed by atoms with van der Waals surface area (Å²) < 4.78 is 28.7. The van der Waals surface area contributed by atoms with Crippen molar-refractivity contribution in [3.63, 3.8) is 0 Å². The van der Waals surface area contributed by atoms with Gasteiger partial charge in [-0.1, -0.05) is 17.7 Å². The number of aliphatic hydroxyl groups excluding tert-OH is 2. The van der Waals surface area contributed by atoms with Gasteiger partial charge >= 0.3 is 0 Å². The number of carbonyl (C=O) groups is 1. The fourth-order valence-electron chi connectivity index (χ4n) is 3.92. The minimum absolute atomic E-state index is 0.216. The normalized spacial score (nSPS) is 23.1. The molecule has 5 heterocycles. The van der Waals surface area contributed by atoms with Crippen LogP contribution in [0.3, 0.4) is 0 Å². The van der Waals surface area contributed by atoms with E-state index < -0.39 is 37.4 Å². The number of halogens is 1. The molecule has 0 spiro atoms. The number of nitrogens with zero attached hydrogens (tertiary/aromatic N) is 6. The fourth-order valence-corrected chi connectivity index (χ4v) is 4.10. The Morgan fingerprint density at radius 1 is 1.25 bits per heavy atom. The van der Waals surface area contributed by atoms with E-state index in [9.17, 15) is 15.0 Å². The molecule has 1 fully saturated rings. The predicted octanol–water partition coefficient (Wildman–Crippen LogP) is 0.956. The van der Waals surface area contributed by atoms with E-state index in [0.717, 1.165) is 5.69 Å². The number of hydrogen-bond donors (Lipinski definition) is 4. The Hall–Kier alpha value is -3.71. The van der Waals surface area contributed by atoms with Gasteiger partial charge in [-0.15, -0.1) is 0 Å². The number of rotatable bonds is 7. The quantitative estimate of drug-likeness (QED) is 0.280. The van der Waals surface area contributed by atoms with Gasteiger partial charge in [0.15, 0.2) is 35.1 Å². The first-order valence-corrected chi connectivity index (χ1v) is 11.3. The smallest absolute Gasteiger partial charge is 0.251 e. The van der Waals surface area contributed by atoms with Crippen LogP contribution in [0.1, 0.15) is 16.0 Å². The van der Waals surface area contributed by atoms with E-state index in [2.05, 4.69) is 30.2 Å². The number of fused-ring (bicyclic) bond motifs is 1. The van der Waals surface area contributed by atoms with Crippen LogP contribution in [0, 0.1) is 0 Å². The molecule has 0 bridgehead atoms. The summed E-state index contributed by atoms with van der Waals surface area (Å²) in [5.74, 6) is -0.482. The van der Waals surface area contributed by atoms with E-state index in [4.69, 9.17) is 20.5 Å². The zero-order valence-corrected chi connectivity index (χ0v) is 19.4. The Morgan fingerprint density at radius 3 is 2.92 bits per heavy atom. The van der Waals surface area contributed by atoms with E-state index in [1.165, 1.54) is 23.3 Å². The van der Waals surface area contributed by atoms with Gasteiger partial charge in [0.25, 0.3) is 5.91 Å². The van der Waals surface area contributed by atoms with Gasteiger partial charge in [-0.05, 0) is 18.2 Å². The zero-order valence-electron chi connectivity index (χ0n) is 21.6. The highest BCUT2D eigenvalue weighted by molar-refractivity contribution is 6.30. The molecular formula is C23H23ClN8O4. The van der Waals surface area contributed by atoms with Crippen LogP contribution in [-0.2, 0) is 16.0 Å². The Bertz CT molecular complexity index is 1490. The third-order valence-electron chi connectivity index (χ3n) is 5.68. The Balaban J connectivity index is 1.50. The molecule has 5 rings (SSSR count). The molecule has 1 aliphatic heterocycles. The van der Waals surface area contributed by atoms with Crippen LogP contribution in [-0.4, -0.2) is 77.4 Å². The molecule has 1 saturated heterocycles. The van der Waals surface area contributed by atoms with E-state index >= 15 is 0 Å². The highest BCUT2D eigenvalue weighted by Crippen LogP contribution is 2.33. The number of amides is 1. The average molecular weight is 514 g/mol. The molecule has 12 nitrogen and oxygen atoms in total. The summed E-state index contributed by atoms with van der Waals surface area (Å²) in [6.45, 7) is -2.34. The lowest BCUT2D eigenvalue weighted by Crippen LogP contribution is -2.41. The van der Waals surface area contributed by atoms with Crippen LogP contribution in [0.15, 0.2) is 49.2 Å². The van der Waals surface area contributed by atoms with Crippen molar-refractivity contribution >= 4 is 34.5 Å². The molecule has 0 aromatic carbocycles. The maximum absolute atomic E-state index is 12.4. The van der Waals surface area contributed by atoms with E-state index in [0.29, 0.717) is 34.9 Å². The summed E-state index contributed by atoms with van der Waals surface area (Å²) in [4.78, 5) is 34.4. The van der Waals surface area contributed by atoms with Gasteiger partial charge in [0, 0.05) is 53.9 Å². The standard InChI is InChI=1S/C23H23ClN8O4/c1-25-22(35)18-16(33)17(34)23(36-18)32-11-29-15-20(28-7-5-14-4-2-3-6-27-14)30-19(31-21(15)32)12-8-13(24)10-26-9-12/h2-4,6,8-11,16-18,23,33-34H,5,7H2,1H3,(H,25,35)(H,28,30,31)/t16-,17+,18-,23+/m0/s1/i1D3. The molecule has 1 amide bonds. The second-order valence-electron chi connectivity index (χ2n) is 8.03. The molecule has 4 aromatic heterocycles. The van der Waals surface area contributed by atoms with Crippen molar-refractivity contribution in [3.8, 4) is 11.4 Å². The van der Waals surface area contributed by atoms with Crippen LogP contribution < -0.4 is 10.6 Å². The predicted molar refractivity (Wildman–Crippen MR) is 130 cm³/mol. The number of imidazole rings is 1. The van der Waals surface area contributed by atoms with Gasteiger partial charge < -0.3 is 25.6 Å². The molecular weight excluding hydrogens is 488 g/mol. The number of likely N-dealkylation sites (N-methyl/N-ethyl adjacent to an activating group) is 1. The van der Waals surface area contributed by atoms with Crippen LogP contribution in [0.5, 0.6) is 0 Å². The van der Waals surface area contributed by atoms with Crippen molar-refractivity contribution in [3.05, 3.63) is 59.9 Å². The van der Waals surface area contributed by atoms with Gasteiger partial charge in [0.1, 0.15) is 12.2 Å². The Kier molecular flexibility index (Phi) is 5.75. The van der Waals surface area contributed by atoms with Gasteiger partial charge in [-0.25, -0.2) is 15.0 Å². The second kappa shape index (κ2) is 10.1. The van der Waals surface area contributed by atoms with E-state index in [-0.39, 0.29) is 11.5 Å². The highest BCUT2D eigenvalue weighted by atomic mass is 35.5. The molecule has 0 aliphatic carbocycles. The average Bonchev–Trinajstić information content (AvgIpc) is 3.44. The SMILES string of the molecule is [2H]C([2H])([2H])NC(=O)[C@H]1O[C@@H](n2cnc3c(NCCc4ccccn4)nc(-c4cncc(Cl)c4)nc32)[C@H](O)[C@@H]1O. The minimum Gasteiger partial charge on any atom is -0.387 e. The van der Waals surface area contributed by atoms with Crippen LogP contribution in [0.25, 0.3) is 22.6 Å². The largest absolute Gasteiger partial charge is 0.387 e. The van der Waals surface area contributed by atoms with Gasteiger partial charge in [-0.3, -0.25) is 19.3 Å². The molecule has 13 heteroatoms. The minimum atomic E-state index is -2.80. The summed E-state index contributed by atoms with van der Waals surface area (Å²) >= 11 is 6.13. The van der Waals surface area contributed by atoms with Crippen molar-refractivity contribution < 1.29 is 23.9 Å². The summed E-state index contributed by atoms with van der Waals surface area (Å²) in [6.07, 6.45) is 0.380. The summed E-state index contributed by atoms with van der Waals surface area (Å²) in [5, 5.41) is 26.6. The molecule has 186 valence electrons. The number of hydrogen-bond acceptors (Lipinski definition) is 10. The number of nitrogens with one attached hydrogen (secondary N) is 2. The molecule has 4 N–H and O–H groups in total. The van der Waals surface area contributed by atoms with Gasteiger partial charge in [0.05, 0.1) is 11.3 Å². The number of aromatic nitrogens is 6. The van der Waals surface area contributed by atoms with Gasteiger partial charge in [-0.2, -0.15) is 0 Å². The first kappa shape index (κ1) is 20.5. The van der Waals surface area contributed by atoms with Crippen molar-refractivity contribution in [1.29, 1.82) is 0 Å². The highest BCUT2D eigenvalue weighted by Gasteiger charge is 2.47. The van der Waals surface area contributed by atoms with Crippen molar-refractivity contribution in [2.45, 2.75) is 31.0 Å². The van der Waals surface area contributed by atoms with Crippen LogP contribution >= 0.6 is 11.6 Å². The fraction of sp³-hybridized carbons (Fsp3) is 0.304. The van der Waals surface area contributed by atoms with Crippen LogP contribution in [0.2, 0.25) is 5.02 Å². The van der Waals surface area contributed by atoms with Crippen molar-refractivity contribution in [2.75, 3.05) is 18.8 Å². The van der Waals surface area contributed by atoms with E-state index in [1.807, 2.05) is 18.2 Å². The summed E-state index contributed by atoms with van der Waals surface area (Å²) in [6, 6.07) is 7.26. The molecule has 36 heavy (non-hydrogen) atoms. The molecule has 0 saturated carbocycles. The Morgan fingerprint density at radius 2 is 2.14 bits per heavy atom. The van der Waals surface area contributed by atoms with E-state index in [1.54, 1.807) is 17.6 Å². The second-order valence-corrected chi connectivity index (χ2v) is 8.46. The number of pyridine rings is 2. The zero-order chi connectivity index (χ0) is 27.7. The first-order chi connectivity index (χ1) is 18.6. The lowest BCUT2D eigenvalue weighted by Gasteiger charge is -2.17. The third kappa shape index (κ3) is 4.58. The third-order valence-corrected chi connectivity index (χ3v) is 5.88. The summed E-state index contributed by atoms with van der Waals surface area (Å²) in [7, 11) is 0. The lowest BCUT2D eigenvalue weighted by molar-refractivity contribution is -0.137.